The van der Waals surface area contributed by atoms with E-state index in [2.05, 4.69) is 55.2 Å². The van der Waals surface area contributed by atoms with Crippen molar-refractivity contribution in [2.75, 3.05) is 24.3 Å². The van der Waals surface area contributed by atoms with E-state index in [0.29, 0.717) is 0 Å². The Hall–Kier alpha value is -1.36. The van der Waals surface area contributed by atoms with E-state index < -0.39 is 0 Å². The summed E-state index contributed by atoms with van der Waals surface area (Å²) in [6.45, 7) is 10.5. The van der Waals surface area contributed by atoms with Crippen LogP contribution in [0.4, 0.5) is 11.6 Å². The van der Waals surface area contributed by atoms with Gasteiger partial charge >= 0.3 is 0 Å². The molecule has 0 bridgehead atoms. The first-order valence-electron chi connectivity index (χ1n) is 7.26. The van der Waals surface area contributed by atoms with E-state index in [1.54, 1.807) is 0 Å². The molecule has 5 heteroatoms. The molecule has 0 amide bonds. The average Bonchev–Trinajstić information content (AvgIpc) is 2.43. The molecule has 1 rings (SSSR count). The molecule has 5 nitrogen and oxygen atoms in total. The van der Waals surface area contributed by atoms with E-state index in [4.69, 9.17) is 0 Å². The molecule has 1 heterocycles. The summed E-state index contributed by atoms with van der Waals surface area (Å²) in [6, 6.07) is 1.88. The quantitative estimate of drug-likeness (QED) is 0.747. The zero-order chi connectivity index (χ0) is 15.4. The summed E-state index contributed by atoms with van der Waals surface area (Å²) < 4.78 is 0. The second kappa shape index (κ2) is 6.39. The van der Waals surface area contributed by atoms with E-state index in [9.17, 15) is 5.11 Å². The molecule has 3 N–H and O–H groups in total. The molecule has 0 unspecified atom stereocenters. The minimum Gasteiger partial charge on any atom is -0.394 e. The van der Waals surface area contributed by atoms with Crippen molar-refractivity contribution >= 4 is 11.6 Å². The molecule has 0 atom stereocenters. The molecule has 0 saturated carbocycles. The van der Waals surface area contributed by atoms with Gasteiger partial charge in [-0.05, 0) is 12.8 Å². The van der Waals surface area contributed by atoms with Crippen LogP contribution in [0.5, 0.6) is 0 Å². The van der Waals surface area contributed by atoms with E-state index >= 15 is 0 Å². The number of hydrogen-bond donors (Lipinski definition) is 3. The number of aliphatic hydroxyl groups is 1. The average molecular weight is 280 g/mol. The Balaban J connectivity index is 3.18. The van der Waals surface area contributed by atoms with Crippen molar-refractivity contribution in [3.05, 3.63) is 11.9 Å². The molecule has 20 heavy (non-hydrogen) atoms. The molecule has 0 spiro atoms. The van der Waals surface area contributed by atoms with E-state index in [1.165, 1.54) is 0 Å². The summed E-state index contributed by atoms with van der Waals surface area (Å²) >= 11 is 0. The van der Waals surface area contributed by atoms with Crippen molar-refractivity contribution in [2.45, 2.75) is 58.4 Å². The fraction of sp³-hybridized carbons (Fsp3) is 0.733. The highest BCUT2D eigenvalue weighted by atomic mass is 16.3. The van der Waals surface area contributed by atoms with Gasteiger partial charge in [0.2, 0.25) is 0 Å². The molecule has 114 valence electrons. The van der Waals surface area contributed by atoms with Gasteiger partial charge < -0.3 is 15.7 Å². The van der Waals surface area contributed by atoms with Gasteiger partial charge in [-0.1, -0.05) is 34.6 Å². The topological polar surface area (TPSA) is 70.1 Å². The number of hydrogen-bond acceptors (Lipinski definition) is 5. The van der Waals surface area contributed by atoms with Crippen molar-refractivity contribution in [3.63, 3.8) is 0 Å². The summed E-state index contributed by atoms with van der Waals surface area (Å²) in [4.78, 5) is 9.11. The Morgan fingerprint density at radius 2 is 1.65 bits per heavy atom. The van der Waals surface area contributed by atoms with Crippen LogP contribution >= 0.6 is 0 Å². The standard InChI is InChI=1S/C15H28N4O/c1-7-15(8-2,10-20)19-12-9-11(16-6)17-13(18-12)14(3,4)5/h9,20H,7-8,10H2,1-6H3,(H2,16,17,18,19). The highest BCUT2D eigenvalue weighted by molar-refractivity contribution is 5.49. The van der Waals surface area contributed by atoms with Crippen molar-refractivity contribution in [1.82, 2.24) is 9.97 Å². The molecule has 0 aliphatic rings. The third-order valence-electron chi connectivity index (χ3n) is 3.70. The van der Waals surface area contributed by atoms with Crippen LogP contribution in [-0.4, -0.2) is 34.3 Å². The van der Waals surface area contributed by atoms with Crippen LogP contribution in [-0.2, 0) is 5.41 Å². The van der Waals surface area contributed by atoms with E-state index in [0.717, 1.165) is 30.3 Å². The molecule has 0 fully saturated rings. The molecule has 0 saturated heterocycles. The fourth-order valence-corrected chi connectivity index (χ4v) is 1.94. The molecule has 0 aliphatic carbocycles. The third kappa shape index (κ3) is 3.82. The summed E-state index contributed by atoms with van der Waals surface area (Å²) in [7, 11) is 1.84. The molecule has 0 radical (unpaired) electrons. The smallest absolute Gasteiger partial charge is 0.138 e. The highest BCUT2D eigenvalue weighted by Crippen LogP contribution is 2.25. The van der Waals surface area contributed by atoms with Crippen LogP contribution < -0.4 is 10.6 Å². The second-order valence-corrected chi connectivity index (χ2v) is 6.23. The van der Waals surface area contributed by atoms with Crippen LogP contribution in [0.2, 0.25) is 0 Å². The van der Waals surface area contributed by atoms with Gasteiger partial charge in [-0.15, -0.1) is 0 Å². The normalized spacial score (nSPS) is 12.3. The minimum absolute atomic E-state index is 0.0870. The Bertz CT molecular complexity index is 428. The molecule has 0 aromatic carbocycles. The number of anilines is 2. The van der Waals surface area contributed by atoms with Gasteiger partial charge in [0.25, 0.3) is 0 Å². The van der Waals surface area contributed by atoms with Crippen molar-refractivity contribution < 1.29 is 5.11 Å². The largest absolute Gasteiger partial charge is 0.394 e. The third-order valence-corrected chi connectivity index (χ3v) is 3.70. The summed E-state index contributed by atoms with van der Waals surface area (Å²) in [6.07, 6.45) is 1.67. The van der Waals surface area contributed by atoms with Crippen LogP contribution in [0, 0.1) is 0 Å². The SMILES string of the molecule is CCC(CC)(CO)Nc1cc(NC)nc(C(C)(C)C)n1. The number of rotatable bonds is 6. The maximum Gasteiger partial charge on any atom is 0.138 e. The lowest BCUT2D eigenvalue weighted by atomic mass is 9.93. The zero-order valence-corrected chi connectivity index (χ0v) is 13.5. The van der Waals surface area contributed by atoms with Gasteiger partial charge in [-0.3, -0.25) is 0 Å². The van der Waals surface area contributed by atoms with Crippen molar-refractivity contribution in [1.29, 1.82) is 0 Å². The summed E-state index contributed by atoms with van der Waals surface area (Å²) in [5.41, 5.74) is -0.446. The molecular formula is C15H28N4O. The Labute approximate surface area is 122 Å². The van der Waals surface area contributed by atoms with Gasteiger partial charge in [0.15, 0.2) is 0 Å². The minimum atomic E-state index is -0.325. The number of nitrogens with one attached hydrogen (secondary N) is 2. The van der Waals surface area contributed by atoms with E-state index in [1.807, 2.05) is 13.1 Å². The first kappa shape index (κ1) is 16.7. The van der Waals surface area contributed by atoms with Gasteiger partial charge in [-0.2, -0.15) is 0 Å². The number of aromatic nitrogens is 2. The summed E-state index contributed by atoms with van der Waals surface area (Å²) in [5, 5.41) is 16.1. The number of nitrogens with zero attached hydrogens (tertiary/aromatic N) is 2. The number of aliphatic hydroxyl groups excluding tert-OH is 1. The van der Waals surface area contributed by atoms with Gasteiger partial charge in [-0.25, -0.2) is 9.97 Å². The van der Waals surface area contributed by atoms with Crippen LogP contribution in [0.15, 0.2) is 6.07 Å². The predicted octanol–water partition coefficient (Wildman–Crippen LogP) is 2.78. The van der Waals surface area contributed by atoms with Gasteiger partial charge in [0, 0.05) is 18.5 Å². The van der Waals surface area contributed by atoms with Crippen LogP contribution in [0.25, 0.3) is 0 Å². The zero-order valence-electron chi connectivity index (χ0n) is 13.5. The lowest BCUT2D eigenvalue weighted by Gasteiger charge is -2.32. The first-order valence-corrected chi connectivity index (χ1v) is 7.26. The molecule has 0 aliphatic heterocycles. The lowest BCUT2D eigenvalue weighted by molar-refractivity contribution is 0.202. The van der Waals surface area contributed by atoms with Gasteiger partial charge in [0.05, 0.1) is 12.1 Å². The molecule has 1 aromatic rings. The van der Waals surface area contributed by atoms with E-state index in [-0.39, 0.29) is 17.6 Å². The maximum atomic E-state index is 9.67. The predicted molar refractivity (Wildman–Crippen MR) is 84.3 cm³/mol. The monoisotopic (exact) mass is 280 g/mol. The van der Waals surface area contributed by atoms with Crippen molar-refractivity contribution in [2.24, 2.45) is 0 Å². The summed E-state index contributed by atoms with van der Waals surface area (Å²) in [5.74, 6) is 2.32. The maximum absolute atomic E-state index is 9.67. The lowest BCUT2D eigenvalue weighted by Crippen LogP contribution is -2.41. The second-order valence-electron chi connectivity index (χ2n) is 6.23. The Morgan fingerprint density at radius 3 is 2.05 bits per heavy atom. The Kier molecular flexibility index (Phi) is 5.34. The first-order chi connectivity index (χ1) is 9.30. The molecule has 1 aromatic heterocycles. The van der Waals surface area contributed by atoms with Crippen LogP contribution in [0.1, 0.15) is 53.3 Å². The van der Waals surface area contributed by atoms with Gasteiger partial charge in [0.1, 0.15) is 17.5 Å². The van der Waals surface area contributed by atoms with Crippen molar-refractivity contribution in [3.8, 4) is 0 Å². The van der Waals surface area contributed by atoms with Crippen LogP contribution in [0.3, 0.4) is 0 Å². The highest BCUT2D eigenvalue weighted by Gasteiger charge is 2.26. The fourth-order valence-electron chi connectivity index (χ4n) is 1.94. The molecular weight excluding hydrogens is 252 g/mol. The Morgan fingerprint density at radius 1 is 1.10 bits per heavy atom.